The average Bonchev–Trinajstić information content (AvgIpc) is 2.59. The molecule has 5 heteroatoms. The molecule has 2 aliphatic carbocycles. The molecule has 6 atom stereocenters. The molecule has 0 spiro atoms. The van der Waals surface area contributed by atoms with E-state index < -0.39 is 11.3 Å². The van der Waals surface area contributed by atoms with Gasteiger partial charge in [-0.1, -0.05) is 24.3 Å². The Bertz CT molecular complexity index is 747. The lowest BCUT2D eigenvalue weighted by Gasteiger charge is -2.67. The van der Waals surface area contributed by atoms with Crippen molar-refractivity contribution in [3.05, 3.63) is 35.4 Å². The van der Waals surface area contributed by atoms with Gasteiger partial charge in [-0.3, -0.25) is 9.59 Å². The molecule has 0 amide bonds. The van der Waals surface area contributed by atoms with Crippen LogP contribution in [0, 0.1) is 17.3 Å². The second kappa shape index (κ2) is 5.31. The van der Waals surface area contributed by atoms with E-state index in [9.17, 15) is 9.59 Å². The van der Waals surface area contributed by atoms with Gasteiger partial charge in [-0.25, -0.2) is 0 Å². The zero-order valence-corrected chi connectivity index (χ0v) is 15.2. The fraction of sp³-hybridized carbons (Fsp3) is 0.600. The van der Waals surface area contributed by atoms with Gasteiger partial charge in [-0.05, 0) is 43.7 Å². The maximum Gasteiger partial charge on any atom is 0.314 e. The van der Waals surface area contributed by atoms with Gasteiger partial charge in [0.2, 0.25) is 0 Å². The molecule has 25 heavy (non-hydrogen) atoms. The number of ether oxygens (including phenoxy) is 2. The van der Waals surface area contributed by atoms with Crippen molar-refractivity contribution in [3.8, 4) is 0 Å². The fourth-order valence-corrected chi connectivity index (χ4v) is 6.23. The molecule has 6 unspecified atom stereocenters. The number of fused-ring (bicyclic) bond motifs is 2. The van der Waals surface area contributed by atoms with E-state index in [1.54, 1.807) is 0 Å². The minimum Gasteiger partial charge on any atom is -0.469 e. The molecule has 1 N–H and O–H groups in total. The summed E-state index contributed by atoms with van der Waals surface area (Å²) in [6.45, 7) is 4.15. The van der Waals surface area contributed by atoms with E-state index in [-0.39, 0.29) is 35.4 Å². The van der Waals surface area contributed by atoms with Gasteiger partial charge in [0.1, 0.15) is 0 Å². The molecule has 2 aliphatic heterocycles. The number of hydrogen-bond acceptors (Lipinski definition) is 5. The Kier molecular flexibility index (Phi) is 3.52. The Morgan fingerprint density at radius 3 is 2.60 bits per heavy atom. The Balaban J connectivity index is 2.01. The summed E-state index contributed by atoms with van der Waals surface area (Å²) in [5, 5.41) is 3.57. The Hall–Kier alpha value is -1.88. The van der Waals surface area contributed by atoms with E-state index in [1.807, 2.05) is 12.1 Å². The molecular formula is C20H25NO4. The molecule has 1 aromatic carbocycles. The van der Waals surface area contributed by atoms with Gasteiger partial charge in [-0.15, -0.1) is 0 Å². The van der Waals surface area contributed by atoms with Crippen LogP contribution in [0.3, 0.4) is 0 Å². The molecule has 5 rings (SSSR count). The predicted octanol–water partition coefficient (Wildman–Crippen LogP) is 2.05. The number of methoxy groups -OCH3 is 2. The normalized spacial score (nSPS) is 41.0. The number of carbonyl (C=O) groups is 2. The van der Waals surface area contributed by atoms with Crippen LogP contribution in [0.4, 0.5) is 0 Å². The Labute approximate surface area is 148 Å². The number of rotatable bonds is 2. The molecule has 1 saturated carbocycles. The molecule has 5 nitrogen and oxygen atoms in total. The number of esters is 2. The van der Waals surface area contributed by atoms with Crippen LogP contribution in [0.5, 0.6) is 0 Å². The van der Waals surface area contributed by atoms with E-state index in [2.05, 4.69) is 31.3 Å². The molecule has 4 aliphatic rings. The van der Waals surface area contributed by atoms with Crippen molar-refractivity contribution in [1.29, 1.82) is 0 Å². The highest BCUT2D eigenvalue weighted by atomic mass is 16.5. The van der Waals surface area contributed by atoms with Crippen LogP contribution in [0.15, 0.2) is 24.3 Å². The van der Waals surface area contributed by atoms with Crippen molar-refractivity contribution in [2.45, 2.75) is 44.2 Å². The van der Waals surface area contributed by atoms with Crippen molar-refractivity contribution in [3.63, 3.8) is 0 Å². The number of hydrogen-bond donors (Lipinski definition) is 1. The standard InChI is InChI=1S/C20H25NO4/c1-11-20(18(23)25-4)13-9-12-7-5-6-8-14(12)15(20)16(17(22)24-3)19(2,10-13)21-11/h5-8,11,13,15-16,21H,9-10H2,1-4H3. The van der Waals surface area contributed by atoms with Gasteiger partial charge in [0.25, 0.3) is 0 Å². The van der Waals surface area contributed by atoms with E-state index >= 15 is 0 Å². The van der Waals surface area contributed by atoms with Gasteiger partial charge in [-0.2, -0.15) is 0 Å². The first-order valence-corrected chi connectivity index (χ1v) is 8.92. The minimum absolute atomic E-state index is 0.0667. The molecule has 0 aromatic heterocycles. The van der Waals surface area contributed by atoms with E-state index in [1.165, 1.54) is 19.8 Å². The van der Waals surface area contributed by atoms with E-state index in [0.717, 1.165) is 18.4 Å². The highest BCUT2D eigenvalue weighted by Crippen LogP contribution is 2.66. The molecule has 2 saturated heterocycles. The number of piperidine rings is 2. The number of nitrogens with one attached hydrogen (secondary N) is 1. The lowest BCUT2D eigenvalue weighted by atomic mass is 9.41. The molecule has 3 fully saturated rings. The largest absolute Gasteiger partial charge is 0.469 e. The van der Waals surface area contributed by atoms with Crippen molar-refractivity contribution >= 4 is 11.9 Å². The smallest absolute Gasteiger partial charge is 0.314 e. The van der Waals surface area contributed by atoms with Gasteiger partial charge in [0.15, 0.2) is 0 Å². The third-order valence-corrected chi connectivity index (χ3v) is 6.99. The highest BCUT2D eigenvalue weighted by molar-refractivity contribution is 5.86. The lowest BCUT2D eigenvalue weighted by molar-refractivity contribution is -0.193. The summed E-state index contributed by atoms with van der Waals surface area (Å²) in [7, 11) is 2.87. The number of benzene rings is 1. The van der Waals surface area contributed by atoms with Gasteiger partial charge < -0.3 is 14.8 Å². The maximum atomic E-state index is 13.1. The monoisotopic (exact) mass is 343 g/mol. The van der Waals surface area contributed by atoms with Crippen molar-refractivity contribution in [1.82, 2.24) is 5.32 Å². The van der Waals surface area contributed by atoms with Gasteiger partial charge >= 0.3 is 11.9 Å². The molecule has 0 radical (unpaired) electrons. The van der Waals surface area contributed by atoms with E-state index in [4.69, 9.17) is 9.47 Å². The minimum atomic E-state index is -0.736. The fourth-order valence-electron chi connectivity index (χ4n) is 6.23. The number of carbonyl (C=O) groups excluding carboxylic acids is 2. The predicted molar refractivity (Wildman–Crippen MR) is 92.0 cm³/mol. The van der Waals surface area contributed by atoms with Crippen LogP contribution < -0.4 is 5.32 Å². The SMILES string of the molecule is COC(=O)C1C2c3ccccc3CC3CC1(C)NC(C)C32C(=O)OC. The van der Waals surface area contributed by atoms with Crippen LogP contribution in [-0.2, 0) is 25.5 Å². The summed E-state index contributed by atoms with van der Waals surface area (Å²) in [5.41, 5.74) is 1.21. The van der Waals surface area contributed by atoms with Crippen LogP contribution in [-0.4, -0.2) is 37.7 Å². The summed E-state index contributed by atoms with van der Waals surface area (Å²) < 4.78 is 10.5. The first-order valence-electron chi connectivity index (χ1n) is 8.92. The second-order valence-corrected chi connectivity index (χ2v) is 7.99. The first-order chi connectivity index (χ1) is 11.9. The van der Waals surface area contributed by atoms with Crippen LogP contribution in [0.1, 0.15) is 37.3 Å². The van der Waals surface area contributed by atoms with Crippen molar-refractivity contribution in [2.75, 3.05) is 14.2 Å². The molecule has 4 bridgehead atoms. The van der Waals surface area contributed by atoms with Crippen LogP contribution in [0.25, 0.3) is 0 Å². The van der Waals surface area contributed by atoms with Gasteiger partial charge in [0, 0.05) is 17.5 Å². The summed E-state index contributed by atoms with van der Waals surface area (Å²) in [4.78, 5) is 25.9. The Morgan fingerprint density at radius 2 is 1.92 bits per heavy atom. The Morgan fingerprint density at radius 1 is 1.20 bits per heavy atom. The maximum absolute atomic E-state index is 13.1. The average molecular weight is 343 g/mol. The molecule has 134 valence electrons. The molecule has 2 heterocycles. The third-order valence-electron chi connectivity index (χ3n) is 6.99. The zero-order valence-electron chi connectivity index (χ0n) is 15.2. The van der Waals surface area contributed by atoms with Crippen LogP contribution in [0.2, 0.25) is 0 Å². The van der Waals surface area contributed by atoms with Gasteiger partial charge in [0.05, 0.1) is 25.6 Å². The lowest BCUT2D eigenvalue weighted by Crippen LogP contribution is -2.78. The second-order valence-electron chi connectivity index (χ2n) is 7.99. The molecule has 1 aromatic rings. The zero-order chi connectivity index (χ0) is 18.0. The summed E-state index contributed by atoms with van der Waals surface area (Å²) in [6, 6.07) is 8.13. The van der Waals surface area contributed by atoms with Crippen molar-refractivity contribution in [2.24, 2.45) is 17.3 Å². The first kappa shape index (κ1) is 16.6. The highest BCUT2D eigenvalue weighted by Gasteiger charge is 2.73. The molecular weight excluding hydrogens is 318 g/mol. The third kappa shape index (κ3) is 1.87. The summed E-state index contributed by atoms with van der Waals surface area (Å²) in [6.07, 6.45) is 1.61. The van der Waals surface area contributed by atoms with Crippen molar-refractivity contribution < 1.29 is 19.1 Å². The quantitative estimate of drug-likeness (QED) is 0.833. The van der Waals surface area contributed by atoms with E-state index in [0.29, 0.717) is 0 Å². The summed E-state index contributed by atoms with van der Waals surface area (Å²) in [5.74, 6) is -0.951. The summed E-state index contributed by atoms with van der Waals surface area (Å²) >= 11 is 0. The topological polar surface area (TPSA) is 64.6 Å². The van der Waals surface area contributed by atoms with Crippen LogP contribution >= 0.6 is 0 Å².